The number of carbonyl (C=O) groups is 1. The predicted octanol–water partition coefficient (Wildman–Crippen LogP) is 2.29. The van der Waals surface area contributed by atoms with E-state index in [2.05, 4.69) is 38.0 Å². The van der Waals surface area contributed by atoms with Gasteiger partial charge in [-0.1, -0.05) is 6.07 Å². The van der Waals surface area contributed by atoms with E-state index >= 15 is 0 Å². The van der Waals surface area contributed by atoms with Crippen LogP contribution < -0.4 is 20.9 Å². The lowest BCUT2D eigenvalue weighted by atomic mass is 9.86. The van der Waals surface area contributed by atoms with Crippen LogP contribution in [0.1, 0.15) is 32.3 Å². The Morgan fingerprint density at radius 1 is 1.27 bits per heavy atom. The Bertz CT molecular complexity index is 1120. The molecule has 2 aliphatic heterocycles. The Hall–Kier alpha value is -3.20. The Balaban J connectivity index is 1.43. The molecular weight excluding hydrogens is 380 g/mol. The number of hydrogen-bond acceptors (Lipinski definition) is 7. The lowest BCUT2D eigenvalue weighted by Gasteiger charge is -2.32. The molecule has 2 aromatic heterocycles. The molecule has 0 spiro atoms. The Kier molecular flexibility index (Phi) is 4.35. The van der Waals surface area contributed by atoms with Gasteiger partial charge in [-0.15, -0.1) is 5.10 Å². The SMILES string of the molecule is CN(c1nccn2nc(Nc3ccc4c(c3)NC(=O)C4(C)C)nc12)C1CCNCC1. The van der Waals surface area contributed by atoms with E-state index in [-0.39, 0.29) is 5.91 Å². The molecule has 9 heteroatoms. The van der Waals surface area contributed by atoms with Crippen LogP contribution in [0.5, 0.6) is 0 Å². The highest BCUT2D eigenvalue weighted by Crippen LogP contribution is 2.39. The van der Waals surface area contributed by atoms with Gasteiger partial charge in [0, 0.05) is 36.9 Å². The van der Waals surface area contributed by atoms with Gasteiger partial charge in [-0.05, 0) is 57.5 Å². The first kappa shape index (κ1) is 18.8. The van der Waals surface area contributed by atoms with Gasteiger partial charge in [0.05, 0.1) is 5.41 Å². The van der Waals surface area contributed by atoms with Crippen LogP contribution in [-0.4, -0.2) is 51.7 Å². The first-order valence-corrected chi connectivity index (χ1v) is 10.3. The van der Waals surface area contributed by atoms with Crippen molar-refractivity contribution in [2.75, 3.05) is 35.7 Å². The molecule has 5 rings (SSSR count). The summed E-state index contributed by atoms with van der Waals surface area (Å²) in [4.78, 5) is 23.7. The van der Waals surface area contributed by atoms with E-state index in [4.69, 9.17) is 4.98 Å². The molecule has 3 N–H and O–H groups in total. The Morgan fingerprint density at radius 3 is 2.87 bits per heavy atom. The molecule has 30 heavy (non-hydrogen) atoms. The molecule has 0 unspecified atom stereocenters. The second kappa shape index (κ2) is 6.94. The molecule has 0 bridgehead atoms. The zero-order chi connectivity index (χ0) is 20.9. The fourth-order valence-corrected chi connectivity index (χ4v) is 4.27. The normalized spacial score (nSPS) is 18.3. The summed E-state index contributed by atoms with van der Waals surface area (Å²) >= 11 is 0. The van der Waals surface area contributed by atoms with E-state index in [1.165, 1.54) is 0 Å². The Labute approximate surface area is 174 Å². The number of aromatic nitrogens is 4. The largest absolute Gasteiger partial charge is 0.353 e. The number of benzene rings is 1. The van der Waals surface area contributed by atoms with Crippen LogP contribution in [0.3, 0.4) is 0 Å². The van der Waals surface area contributed by atoms with Crippen molar-refractivity contribution < 1.29 is 4.79 Å². The van der Waals surface area contributed by atoms with E-state index in [1.807, 2.05) is 32.0 Å². The minimum absolute atomic E-state index is 0.0113. The van der Waals surface area contributed by atoms with Crippen LogP contribution in [0.4, 0.5) is 23.1 Å². The number of nitrogens with zero attached hydrogens (tertiary/aromatic N) is 5. The fraction of sp³-hybridized carbons (Fsp3) is 0.429. The molecule has 2 aliphatic rings. The third-order valence-electron chi connectivity index (χ3n) is 6.19. The number of hydrogen-bond donors (Lipinski definition) is 3. The van der Waals surface area contributed by atoms with Crippen LogP contribution in [0.15, 0.2) is 30.6 Å². The maximum atomic E-state index is 12.2. The molecule has 0 saturated carbocycles. The Morgan fingerprint density at radius 2 is 2.07 bits per heavy atom. The molecule has 9 nitrogen and oxygen atoms in total. The summed E-state index contributed by atoms with van der Waals surface area (Å²) < 4.78 is 1.75. The van der Waals surface area contributed by atoms with Crippen molar-refractivity contribution in [3.05, 3.63) is 36.2 Å². The molecule has 1 amide bonds. The van der Waals surface area contributed by atoms with Crippen molar-refractivity contribution in [2.45, 2.75) is 38.1 Å². The molecule has 156 valence electrons. The smallest absolute Gasteiger partial charge is 0.247 e. The summed E-state index contributed by atoms with van der Waals surface area (Å²) in [5.41, 5.74) is 2.85. The summed E-state index contributed by atoms with van der Waals surface area (Å²) in [5, 5.41) is 14.2. The summed E-state index contributed by atoms with van der Waals surface area (Å²) in [7, 11) is 2.07. The molecule has 0 radical (unpaired) electrons. The van der Waals surface area contributed by atoms with Gasteiger partial charge in [0.1, 0.15) is 0 Å². The lowest BCUT2D eigenvalue weighted by molar-refractivity contribution is -0.119. The van der Waals surface area contributed by atoms with Crippen molar-refractivity contribution in [1.82, 2.24) is 24.9 Å². The topological polar surface area (TPSA) is 99.5 Å². The number of fused-ring (bicyclic) bond motifs is 2. The molecule has 3 aromatic rings. The monoisotopic (exact) mass is 406 g/mol. The van der Waals surface area contributed by atoms with E-state index in [9.17, 15) is 4.79 Å². The quantitative estimate of drug-likeness (QED) is 0.611. The first-order chi connectivity index (χ1) is 14.4. The fourth-order valence-electron chi connectivity index (χ4n) is 4.27. The second-order valence-electron chi connectivity index (χ2n) is 8.51. The predicted molar refractivity (Wildman–Crippen MR) is 116 cm³/mol. The molecular formula is C21H26N8O. The number of anilines is 4. The minimum Gasteiger partial charge on any atom is -0.353 e. The van der Waals surface area contributed by atoms with Gasteiger partial charge < -0.3 is 20.9 Å². The van der Waals surface area contributed by atoms with Gasteiger partial charge in [0.15, 0.2) is 11.5 Å². The van der Waals surface area contributed by atoms with Crippen LogP contribution in [-0.2, 0) is 10.2 Å². The van der Waals surface area contributed by atoms with Gasteiger partial charge in [-0.2, -0.15) is 4.98 Å². The van der Waals surface area contributed by atoms with Gasteiger partial charge in [0.2, 0.25) is 11.9 Å². The van der Waals surface area contributed by atoms with Crippen LogP contribution >= 0.6 is 0 Å². The molecule has 4 heterocycles. The van der Waals surface area contributed by atoms with Crippen molar-refractivity contribution in [1.29, 1.82) is 0 Å². The average Bonchev–Trinajstić information content (AvgIpc) is 3.25. The highest BCUT2D eigenvalue weighted by Gasteiger charge is 2.38. The lowest BCUT2D eigenvalue weighted by Crippen LogP contribution is -2.41. The third-order valence-corrected chi connectivity index (χ3v) is 6.19. The zero-order valence-corrected chi connectivity index (χ0v) is 17.4. The van der Waals surface area contributed by atoms with Gasteiger partial charge in [-0.25, -0.2) is 9.50 Å². The number of amides is 1. The number of nitrogens with one attached hydrogen (secondary N) is 3. The van der Waals surface area contributed by atoms with E-state index in [0.29, 0.717) is 12.0 Å². The van der Waals surface area contributed by atoms with Crippen molar-refractivity contribution in [2.24, 2.45) is 0 Å². The maximum Gasteiger partial charge on any atom is 0.247 e. The van der Waals surface area contributed by atoms with Crippen LogP contribution in [0.25, 0.3) is 5.65 Å². The summed E-state index contributed by atoms with van der Waals surface area (Å²) in [6, 6.07) is 6.28. The molecule has 0 atom stereocenters. The van der Waals surface area contributed by atoms with E-state index in [0.717, 1.165) is 54.3 Å². The van der Waals surface area contributed by atoms with Gasteiger partial charge >= 0.3 is 0 Å². The standard InChI is InChI=1S/C21H26N8O/c1-21(2)15-5-4-13(12-16(15)25-19(21)30)24-20-26-18-17(23-10-11-29(18)27-20)28(3)14-6-8-22-9-7-14/h4-5,10-12,14,22H,6-9H2,1-3H3,(H,24,27)(H,25,30). The second-order valence-corrected chi connectivity index (χ2v) is 8.51. The third kappa shape index (κ3) is 3.06. The summed E-state index contributed by atoms with van der Waals surface area (Å²) in [6.45, 7) is 5.89. The summed E-state index contributed by atoms with van der Waals surface area (Å²) in [6.07, 6.45) is 5.72. The molecule has 0 aliphatic carbocycles. The molecule has 1 saturated heterocycles. The average molecular weight is 406 g/mol. The van der Waals surface area contributed by atoms with Crippen LogP contribution in [0.2, 0.25) is 0 Å². The summed E-state index contributed by atoms with van der Waals surface area (Å²) in [5.74, 6) is 1.33. The maximum absolute atomic E-state index is 12.2. The highest BCUT2D eigenvalue weighted by molar-refractivity contribution is 6.06. The van der Waals surface area contributed by atoms with E-state index < -0.39 is 5.41 Å². The molecule has 1 fully saturated rings. The number of carbonyl (C=O) groups excluding carboxylic acids is 1. The van der Waals surface area contributed by atoms with Crippen LogP contribution in [0, 0.1) is 0 Å². The highest BCUT2D eigenvalue weighted by atomic mass is 16.2. The van der Waals surface area contributed by atoms with Gasteiger partial charge in [-0.3, -0.25) is 4.79 Å². The minimum atomic E-state index is -0.519. The number of piperidine rings is 1. The first-order valence-electron chi connectivity index (χ1n) is 10.3. The zero-order valence-electron chi connectivity index (χ0n) is 17.4. The van der Waals surface area contributed by atoms with Crippen molar-refractivity contribution >= 4 is 34.7 Å². The van der Waals surface area contributed by atoms with E-state index in [1.54, 1.807) is 16.9 Å². The van der Waals surface area contributed by atoms with Gasteiger partial charge in [0.25, 0.3) is 0 Å². The number of rotatable bonds is 4. The van der Waals surface area contributed by atoms with Crippen molar-refractivity contribution in [3.8, 4) is 0 Å². The molecule has 1 aromatic carbocycles. The van der Waals surface area contributed by atoms with Crippen molar-refractivity contribution in [3.63, 3.8) is 0 Å².